The van der Waals surface area contributed by atoms with Crippen LogP contribution in [0.2, 0.25) is 0 Å². The van der Waals surface area contributed by atoms with Gasteiger partial charge in [0.2, 0.25) is 0 Å². The van der Waals surface area contributed by atoms with Crippen molar-refractivity contribution in [3.63, 3.8) is 0 Å². The second-order valence-electron chi connectivity index (χ2n) is 2.92. The highest BCUT2D eigenvalue weighted by Gasteiger charge is 2.13. The smallest absolute Gasteiger partial charge is 0.354 e. The van der Waals surface area contributed by atoms with Crippen LogP contribution in [-0.2, 0) is 11.3 Å². The van der Waals surface area contributed by atoms with Crippen molar-refractivity contribution in [1.82, 2.24) is 4.57 Å². The van der Waals surface area contributed by atoms with E-state index in [-0.39, 0.29) is 5.97 Å². The van der Waals surface area contributed by atoms with Gasteiger partial charge in [0.25, 0.3) is 0 Å². The van der Waals surface area contributed by atoms with Crippen molar-refractivity contribution in [3.05, 3.63) is 23.5 Å². The first-order chi connectivity index (χ1) is 6.70. The Kier molecular flexibility index (Phi) is 4.20. The molecule has 4 heteroatoms. The summed E-state index contributed by atoms with van der Waals surface area (Å²) >= 11 is 3.35. The van der Waals surface area contributed by atoms with Crippen molar-refractivity contribution >= 4 is 21.9 Å². The Labute approximate surface area is 92.2 Å². The van der Waals surface area contributed by atoms with Crippen LogP contribution in [0.1, 0.15) is 23.1 Å². The molecule has 0 amide bonds. The van der Waals surface area contributed by atoms with Crippen LogP contribution >= 0.6 is 15.9 Å². The second-order valence-corrected chi connectivity index (χ2v) is 3.71. The second kappa shape index (κ2) is 5.20. The topological polar surface area (TPSA) is 31.2 Å². The third kappa shape index (κ3) is 2.38. The third-order valence-electron chi connectivity index (χ3n) is 1.99. The number of esters is 1. The number of carbonyl (C=O) groups excluding carboxylic acids is 1. The summed E-state index contributed by atoms with van der Waals surface area (Å²) < 4.78 is 6.90. The van der Waals surface area contributed by atoms with E-state index in [1.807, 2.05) is 24.5 Å². The van der Waals surface area contributed by atoms with Gasteiger partial charge in [-0.25, -0.2) is 4.79 Å². The van der Waals surface area contributed by atoms with Gasteiger partial charge < -0.3 is 9.30 Å². The van der Waals surface area contributed by atoms with E-state index in [9.17, 15) is 4.79 Å². The van der Waals surface area contributed by atoms with Crippen LogP contribution in [0, 0.1) is 6.92 Å². The van der Waals surface area contributed by atoms with Crippen molar-refractivity contribution < 1.29 is 9.53 Å². The largest absolute Gasteiger partial charge is 0.461 e. The highest BCUT2D eigenvalue weighted by atomic mass is 79.9. The number of hydrogen-bond donors (Lipinski definition) is 0. The average molecular weight is 260 g/mol. The number of rotatable bonds is 4. The number of hydrogen-bond acceptors (Lipinski definition) is 2. The van der Waals surface area contributed by atoms with Crippen molar-refractivity contribution in [3.8, 4) is 0 Å². The highest BCUT2D eigenvalue weighted by Crippen LogP contribution is 2.10. The molecule has 0 N–H and O–H groups in total. The molecule has 0 spiro atoms. The molecule has 1 heterocycles. The lowest BCUT2D eigenvalue weighted by atomic mass is 10.4. The van der Waals surface area contributed by atoms with Crippen LogP contribution in [-0.4, -0.2) is 22.5 Å². The molecule has 3 nitrogen and oxygen atoms in total. The minimum Gasteiger partial charge on any atom is -0.461 e. The van der Waals surface area contributed by atoms with Crippen LogP contribution < -0.4 is 0 Å². The number of nitrogens with zero attached hydrogens (tertiary/aromatic N) is 1. The molecule has 0 aliphatic heterocycles. The maximum absolute atomic E-state index is 11.5. The fraction of sp³-hybridized carbons (Fsp3) is 0.500. The van der Waals surface area contributed by atoms with E-state index < -0.39 is 0 Å². The summed E-state index contributed by atoms with van der Waals surface area (Å²) in [5.41, 5.74) is 1.70. The number of halogens is 1. The van der Waals surface area contributed by atoms with Gasteiger partial charge in [-0.2, -0.15) is 0 Å². The average Bonchev–Trinajstić information content (AvgIpc) is 2.50. The quantitative estimate of drug-likeness (QED) is 0.614. The normalized spacial score (nSPS) is 10.2. The molecule has 1 aromatic heterocycles. The van der Waals surface area contributed by atoms with Gasteiger partial charge >= 0.3 is 5.97 Å². The minimum atomic E-state index is -0.249. The lowest BCUT2D eigenvalue weighted by molar-refractivity contribution is 0.0514. The van der Waals surface area contributed by atoms with E-state index in [1.54, 1.807) is 6.07 Å². The fourth-order valence-electron chi connectivity index (χ4n) is 1.33. The molecule has 0 radical (unpaired) electrons. The monoisotopic (exact) mass is 259 g/mol. The van der Waals surface area contributed by atoms with E-state index in [4.69, 9.17) is 4.74 Å². The molecule has 0 aliphatic carbocycles. The SMILES string of the molecule is CCOC(=O)c1ccc(C)n1CCBr. The zero-order valence-corrected chi connectivity index (χ0v) is 10.0. The highest BCUT2D eigenvalue weighted by molar-refractivity contribution is 9.09. The summed E-state index contributed by atoms with van der Waals surface area (Å²) in [7, 11) is 0. The Morgan fingerprint density at radius 3 is 2.86 bits per heavy atom. The predicted molar refractivity (Wildman–Crippen MR) is 58.9 cm³/mol. The van der Waals surface area contributed by atoms with Gasteiger partial charge in [-0.3, -0.25) is 0 Å². The van der Waals surface area contributed by atoms with Gasteiger partial charge in [-0.1, -0.05) is 15.9 Å². The molecule has 0 saturated heterocycles. The van der Waals surface area contributed by atoms with E-state index >= 15 is 0 Å². The molecule has 1 aromatic rings. The van der Waals surface area contributed by atoms with E-state index in [1.165, 1.54) is 0 Å². The van der Waals surface area contributed by atoms with Gasteiger partial charge in [0.1, 0.15) is 5.69 Å². The predicted octanol–water partition coefficient (Wildman–Crippen LogP) is 2.37. The number of carbonyl (C=O) groups is 1. The molecule has 0 aliphatic rings. The van der Waals surface area contributed by atoms with Crippen molar-refractivity contribution in [2.75, 3.05) is 11.9 Å². The lowest BCUT2D eigenvalue weighted by Crippen LogP contribution is -2.13. The first-order valence-electron chi connectivity index (χ1n) is 4.60. The maximum Gasteiger partial charge on any atom is 0.354 e. The van der Waals surface area contributed by atoms with Crippen molar-refractivity contribution in [2.24, 2.45) is 0 Å². The maximum atomic E-state index is 11.5. The molecule has 0 bridgehead atoms. The van der Waals surface area contributed by atoms with Crippen LogP contribution in [0.25, 0.3) is 0 Å². The standard InChI is InChI=1S/C10H14BrNO2/c1-3-14-10(13)9-5-4-8(2)12(9)7-6-11/h4-5H,3,6-7H2,1-2H3. The van der Waals surface area contributed by atoms with E-state index in [0.29, 0.717) is 12.3 Å². The third-order valence-corrected chi connectivity index (χ3v) is 2.35. The van der Waals surface area contributed by atoms with Crippen LogP contribution in [0.15, 0.2) is 12.1 Å². The van der Waals surface area contributed by atoms with Gasteiger partial charge in [-0.05, 0) is 26.0 Å². The molecule has 0 fully saturated rings. The first kappa shape index (κ1) is 11.3. The minimum absolute atomic E-state index is 0.249. The van der Waals surface area contributed by atoms with Gasteiger partial charge in [0, 0.05) is 17.6 Å². The lowest BCUT2D eigenvalue weighted by Gasteiger charge is -2.08. The zero-order valence-electron chi connectivity index (χ0n) is 8.42. The van der Waals surface area contributed by atoms with Crippen LogP contribution in [0.4, 0.5) is 0 Å². The zero-order chi connectivity index (χ0) is 10.6. The molecule has 0 unspecified atom stereocenters. The number of aromatic nitrogens is 1. The Morgan fingerprint density at radius 2 is 2.29 bits per heavy atom. The Balaban J connectivity index is 2.90. The number of aryl methyl sites for hydroxylation is 1. The Hall–Kier alpha value is -0.770. The number of ether oxygens (including phenoxy) is 1. The molecule has 78 valence electrons. The summed E-state index contributed by atoms with van der Waals surface area (Å²) in [4.78, 5) is 11.5. The van der Waals surface area contributed by atoms with Crippen molar-refractivity contribution in [1.29, 1.82) is 0 Å². The summed E-state index contributed by atoms with van der Waals surface area (Å²) in [6, 6.07) is 3.73. The summed E-state index contributed by atoms with van der Waals surface area (Å²) in [6.07, 6.45) is 0. The molecule has 14 heavy (non-hydrogen) atoms. The van der Waals surface area contributed by atoms with Gasteiger partial charge in [0.15, 0.2) is 0 Å². The Bertz CT molecular complexity index is 320. The molecule has 0 atom stereocenters. The van der Waals surface area contributed by atoms with Crippen molar-refractivity contribution in [2.45, 2.75) is 20.4 Å². The molecule has 0 aromatic carbocycles. The molecule has 1 rings (SSSR count). The van der Waals surface area contributed by atoms with Gasteiger partial charge in [0.05, 0.1) is 6.61 Å². The van der Waals surface area contributed by atoms with Crippen LogP contribution in [0.5, 0.6) is 0 Å². The summed E-state index contributed by atoms with van der Waals surface area (Å²) in [6.45, 7) is 4.98. The first-order valence-corrected chi connectivity index (χ1v) is 5.72. The van der Waals surface area contributed by atoms with E-state index in [0.717, 1.165) is 17.6 Å². The number of alkyl halides is 1. The molecular weight excluding hydrogens is 246 g/mol. The fourth-order valence-corrected chi connectivity index (χ4v) is 1.69. The van der Waals surface area contributed by atoms with Gasteiger partial charge in [-0.15, -0.1) is 0 Å². The Morgan fingerprint density at radius 1 is 1.57 bits per heavy atom. The molecule has 0 saturated carbocycles. The van der Waals surface area contributed by atoms with Crippen LogP contribution in [0.3, 0.4) is 0 Å². The summed E-state index contributed by atoms with van der Waals surface area (Å²) in [5.74, 6) is -0.249. The summed E-state index contributed by atoms with van der Waals surface area (Å²) in [5, 5.41) is 0.828. The van der Waals surface area contributed by atoms with E-state index in [2.05, 4.69) is 15.9 Å². The molecular formula is C10H14BrNO2.